The second-order valence-corrected chi connectivity index (χ2v) is 6.62. The Morgan fingerprint density at radius 1 is 0.607 bits per heavy atom. The molecule has 0 aliphatic rings. The van der Waals surface area contributed by atoms with Crippen LogP contribution in [0.2, 0.25) is 0 Å². The van der Waals surface area contributed by atoms with Crippen LogP contribution < -0.4 is 9.47 Å². The first-order valence-corrected chi connectivity index (χ1v) is 9.26. The van der Waals surface area contributed by atoms with E-state index in [4.69, 9.17) is 9.47 Å². The van der Waals surface area contributed by atoms with Crippen molar-refractivity contribution in [2.75, 3.05) is 14.2 Å². The minimum atomic E-state index is 0.853. The number of rotatable bonds is 5. The summed E-state index contributed by atoms with van der Waals surface area (Å²) in [5.74, 6) is 1.71. The van der Waals surface area contributed by atoms with Gasteiger partial charge in [0.25, 0.3) is 0 Å². The summed E-state index contributed by atoms with van der Waals surface area (Å²) in [4.78, 5) is 0. The van der Waals surface area contributed by atoms with Crippen LogP contribution in [0, 0.1) is 0 Å². The Balaban J connectivity index is 1.84. The fraction of sp³-hybridized carbons (Fsp3) is 0.0769. The van der Waals surface area contributed by atoms with E-state index in [9.17, 15) is 0 Å². The van der Waals surface area contributed by atoms with Gasteiger partial charge in [-0.3, -0.25) is 0 Å². The second-order valence-electron chi connectivity index (χ2n) is 6.62. The molecule has 0 amide bonds. The molecule has 0 saturated heterocycles. The lowest BCUT2D eigenvalue weighted by molar-refractivity contribution is 0.414. The van der Waals surface area contributed by atoms with Gasteiger partial charge in [0.05, 0.1) is 14.2 Å². The molecular formula is C26H22O2. The Bertz CT molecular complexity index is 1110. The molecule has 0 spiro atoms. The van der Waals surface area contributed by atoms with Crippen molar-refractivity contribution in [3.8, 4) is 11.5 Å². The highest BCUT2D eigenvalue weighted by atomic mass is 16.5. The van der Waals surface area contributed by atoms with E-state index >= 15 is 0 Å². The molecule has 2 nitrogen and oxygen atoms in total. The Hall–Kier alpha value is -3.52. The van der Waals surface area contributed by atoms with Crippen molar-refractivity contribution in [2.24, 2.45) is 0 Å². The van der Waals surface area contributed by atoms with Crippen LogP contribution in [0.15, 0.2) is 91.0 Å². The third-order valence-electron chi connectivity index (χ3n) is 4.89. The van der Waals surface area contributed by atoms with Crippen molar-refractivity contribution < 1.29 is 9.47 Å². The zero-order valence-electron chi connectivity index (χ0n) is 16.1. The number of benzene rings is 4. The van der Waals surface area contributed by atoms with Crippen LogP contribution in [-0.4, -0.2) is 14.2 Å². The number of hydrogen-bond acceptors (Lipinski definition) is 2. The lowest BCUT2D eigenvalue weighted by Gasteiger charge is -2.11. The van der Waals surface area contributed by atoms with E-state index < -0.39 is 0 Å². The van der Waals surface area contributed by atoms with E-state index in [1.165, 1.54) is 21.9 Å². The number of fused-ring (bicyclic) bond motifs is 1. The Morgan fingerprint density at radius 2 is 1.18 bits per heavy atom. The van der Waals surface area contributed by atoms with Gasteiger partial charge in [0.15, 0.2) is 0 Å². The molecule has 2 heteroatoms. The summed E-state index contributed by atoms with van der Waals surface area (Å²) in [6.45, 7) is 0. The molecule has 0 aliphatic carbocycles. The van der Waals surface area contributed by atoms with E-state index in [1.807, 2.05) is 24.3 Å². The van der Waals surface area contributed by atoms with Crippen molar-refractivity contribution in [1.82, 2.24) is 0 Å². The SMILES string of the molecule is COc1ccc(/C=C(\c2ccc(OC)cc2)c2ccc3ccccc3c2)cc1. The van der Waals surface area contributed by atoms with Crippen LogP contribution in [0.25, 0.3) is 22.4 Å². The summed E-state index contributed by atoms with van der Waals surface area (Å²) in [6.07, 6.45) is 2.21. The van der Waals surface area contributed by atoms with Gasteiger partial charge in [0.1, 0.15) is 11.5 Å². The number of ether oxygens (including phenoxy) is 2. The van der Waals surface area contributed by atoms with Crippen LogP contribution in [0.1, 0.15) is 16.7 Å². The van der Waals surface area contributed by atoms with Crippen molar-refractivity contribution in [2.45, 2.75) is 0 Å². The van der Waals surface area contributed by atoms with Gasteiger partial charge in [-0.15, -0.1) is 0 Å². The molecule has 4 aromatic rings. The second kappa shape index (κ2) is 8.01. The predicted molar refractivity (Wildman–Crippen MR) is 117 cm³/mol. The van der Waals surface area contributed by atoms with Gasteiger partial charge in [-0.25, -0.2) is 0 Å². The molecule has 0 aromatic heterocycles. The summed E-state index contributed by atoms with van der Waals surface area (Å²) in [7, 11) is 3.37. The van der Waals surface area contributed by atoms with Crippen LogP contribution in [0.5, 0.6) is 11.5 Å². The molecule has 0 fully saturated rings. The normalized spacial score (nSPS) is 11.4. The first-order valence-electron chi connectivity index (χ1n) is 9.26. The summed E-state index contributed by atoms with van der Waals surface area (Å²) >= 11 is 0. The molecule has 0 N–H and O–H groups in total. The highest BCUT2D eigenvalue weighted by Crippen LogP contribution is 2.30. The first-order chi connectivity index (χ1) is 13.8. The van der Waals surface area contributed by atoms with Gasteiger partial charge >= 0.3 is 0 Å². The maximum Gasteiger partial charge on any atom is 0.118 e. The molecule has 0 aliphatic heterocycles. The van der Waals surface area contributed by atoms with E-state index in [-0.39, 0.29) is 0 Å². The first kappa shape index (κ1) is 17.9. The van der Waals surface area contributed by atoms with E-state index in [2.05, 4.69) is 72.8 Å². The lowest BCUT2D eigenvalue weighted by Crippen LogP contribution is -1.90. The third kappa shape index (κ3) is 3.77. The highest BCUT2D eigenvalue weighted by Gasteiger charge is 2.08. The lowest BCUT2D eigenvalue weighted by atomic mass is 9.94. The highest BCUT2D eigenvalue weighted by molar-refractivity contribution is 5.95. The average Bonchev–Trinajstić information content (AvgIpc) is 2.77. The number of hydrogen-bond donors (Lipinski definition) is 0. The maximum atomic E-state index is 5.32. The van der Waals surface area contributed by atoms with Crippen molar-refractivity contribution in [3.63, 3.8) is 0 Å². The molecule has 28 heavy (non-hydrogen) atoms. The van der Waals surface area contributed by atoms with Crippen LogP contribution in [-0.2, 0) is 0 Å². The van der Waals surface area contributed by atoms with E-state index in [0.29, 0.717) is 0 Å². The molecule has 0 bridgehead atoms. The van der Waals surface area contributed by atoms with Crippen molar-refractivity contribution in [3.05, 3.63) is 108 Å². The zero-order valence-corrected chi connectivity index (χ0v) is 16.1. The minimum absolute atomic E-state index is 0.853. The molecule has 0 heterocycles. The molecule has 0 radical (unpaired) electrons. The summed E-state index contributed by atoms with van der Waals surface area (Å²) in [6, 6.07) is 31.3. The van der Waals surface area contributed by atoms with Crippen LogP contribution >= 0.6 is 0 Å². The van der Waals surface area contributed by atoms with Crippen molar-refractivity contribution >= 4 is 22.4 Å². The fourth-order valence-corrected chi connectivity index (χ4v) is 3.33. The van der Waals surface area contributed by atoms with E-state index in [1.54, 1.807) is 14.2 Å². The van der Waals surface area contributed by atoms with Gasteiger partial charge in [-0.1, -0.05) is 60.7 Å². The molecule has 0 atom stereocenters. The molecule has 4 rings (SSSR count). The van der Waals surface area contributed by atoms with Crippen LogP contribution in [0.3, 0.4) is 0 Å². The Morgan fingerprint density at radius 3 is 1.82 bits per heavy atom. The average molecular weight is 366 g/mol. The molecule has 0 saturated carbocycles. The van der Waals surface area contributed by atoms with Gasteiger partial charge in [0, 0.05) is 0 Å². The van der Waals surface area contributed by atoms with E-state index in [0.717, 1.165) is 22.6 Å². The monoisotopic (exact) mass is 366 g/mol. The molecular weight excluding hydrogens is 344 g/mol. The topological polar surface area (TPSA) is 18.5 Å². The number of methoxy groups -OCH3 is 2. The quantitative estimate of drug-likeness (QED) is 0.378. The molecule has 138 valence electrons. The van der Waals surface area contributed by atoms with Gasteiger partial charge in [-0.2, -0.15) is 0 Å². The van der Waals surface area contributed by atoms with Crippen molar-refractivity contribution in [1.29, 1.82) is 0 Å². The van der Waals surface area contributed by atoms with Gasteiger partial charge in [-0.05, 0) is 69.4 Å². The smallest absolute Gasteiger partial charge is 0.118 e. The Kier molecular flexibility index (Phi) is 5.11. The third-order valence-corrected chi connectivity index (χ3v) is 4.89. The fourth-order valence-electron chi connectivity index (χ4n) is 3.33. The van der Waals surface area contributed by atoms with Gasteiger partial charge < -0.3 is 9.47 Å². The standard InChI is InChI=1S/C26H22O2/c1-27-24-13-7-19(8-14-24)17-26(21-11-15-25(28-2)16-12-21)23-10-9-20-5-3-4-6-22(20)18-23/h3-18H,1-2H3/b26-17+. The maximum absolute atomic E-state index is 5.32. The zero-order chi connectivity index (χ0) is 19.3. The summed E-state index contributed by atoms with van der Waals surface area (Å²) in [5, 5.41) is 2.47. The Labute approximate surface area is 165 Å². The molecule has 0 unspecified atom stereocenters. The van der Waals surface area contributed by atoms with Crippen LogP contribution in [0.4, 0.5) is 0 Å². The largest absolute Gasteiger partial charge is 0.497 e. The predicted octanol–water partition coefficient (Wildman–Crippen LogP) is 6.45. The summed E-state index contributed by atoms with van der Waals surface area (Å²) < 4.78 is 10.6. The minimum Gasteiger partial charge on any atom is -0.497 e. The van der Waals surface area contributed by atoms with Gasteiger partial charge in [0.2, 0.25) is 0 Å². The molecule has 4 aromatic carbocycles. The summed E-state index contributed by atoms with van der Waals surface area (Å²) in [5.41, 5.74) is 4.62.